The Morgan fingerprint density at radius 1 is 1.53 bits per heavy atom. The van der Waals surface area contributed by atoms with Crippen molar-refractivity contribution in [2.24, 2.45) is 5.92 Å². The second-order valence-electron chi connectivity index (χ2n) is 4.96. The minimum Gasteiger partial charge on any atom is -0.396 e. The van der Waals surface area contributed by atoms with Crippen molar-refractivity contribution in [2.75, 3.05) is 13.2 Å². The highest BCUT2D eigenvalue weighted by atomic mass is 16.3. The van der Waals surface area contributed by atoms with Crippen molar-refractivity contribution in [3.05, 3.63) is 0 Å². The van der Waals surface area contributed by atoms with E-state index in [1.165, 1.54) is 0 Å². The summed E-state index contributed by atoms with van der Waals surface area (Å²) in [6.07, 6.45) is 0.843. The molecule has 0 radical (unpaired) electrons. The molecule has 2 amide bonds. The summed E-state index contributed by atoms with van der Waals surface area (Å²) in [7, 11) is 0. The smallest absolute Gasteiger partial charge is 0.225 e. The Labute approximate surface area is 102 Å². The zero-order valence-corrected chi connectivity index (χ0v) is 10.8. The molecule has 1 saturated heterocycles. The zero-order chi connectivity index (χ0) is 13.0. The van der Waals surface area contributed by atoms with Crippen molar-refractivity contribution in [3.63, 3.8) is 0 Å². The van der Waals surface area contributed by atoms with E-state index in [9.17, 15) is 9.59 Å². The van der Waals surface area contributed by atoms with Crippen molar-refractivity contribution in [1.82, 2.24) is 10.2 Å². The first-order valence-corrected chi connectivity index (χ1v) is 6.16. The summed E-state index contributed by atoms with van der Waals surface area (Å²) in [5.41, 5.74) is 0. The molecule has 17 heavy (non-hydrogen) atoms. The summed E-state index contributed by atoms with van der Waals surface area (Å²) in [6, 6.07) is 0.103. The highest BCUT2D eigenvalue weighted by Gasteiger charge is 2.35. The first-order chi connectivity index (χ1) is 7.95. The molecule has 5 heteroatoms. The molecule has 1 heterocycles. The molecule has 0 aromatic heterocycles. The Morgan fingerprint density at radius 3 is 2.65 bits per heavy atom. The highest BCUT2D eigenvalue weighted by Crippen LogP contribution is 2.20. The molecule has 98 valence electrons. The van der Waals surface area contributed by atoms with Gasteiger partial charge in [0.05, 0.1) is 5.92 Å². The number of rotatable bonds is 5. The number of likely N-dealkylation sites (tertiary alicyclic amines) is 1. The van der Waals surface area contributed by atoms with Crippen LogP contribution in [-0.4, -0.2) is 47.1 Å². The monoisotopic (exact) mass is 242 g/mol. The Bertz CT molecular complexity index is 291. The van der Waals surface area contributed by atoms with Gasteiger partial charge in [-0.05, 0) is 27.2 Å². The molecule has 1 fully saturated rings. The fourth-order valence-electron chi connectivity index (χ4n) is 2.03. The number of nitrogens with zero attached hydrogens (tertiary/aromatic N) is 1. The SMILES string of the molecule is CC(CCO)NC(=O)C1CC(=O)N(C(C)C)C1. The van der Waals surface area contributed by atoms with E-state index in [2.05, 4.69) is 5.32 Å². The molecule has 2 N–H and O–H groups in total. The lowest BCUT2D eigenvalue weighted by Gasteiger charge is -2.21. The number of hydrogen-bond acceptors (Lipinski definition) is 3. The van der Waals surface area contributed by atoms with Gasteiger partial charge in [-0.3, -0.25) is 9.59 Å². The van der Waals surface area contributed by atoms with Gasteiger partial charge in [-0.25, -0.2) is 0 Å². The summed E-state index contributed by atoms with van der Waals surface area (Å²) in [4.78, 5) is 25.3. The quantitative estimate of drug-likeness (QED) is 0.720. The minimum atomic E-state index is -0.244. The molecule has 5 nitrogen and oxygen atoms in total. The lowest BCUT2D eigenvalue weighted by Crippen LogP contribution is -2.39. The molecule has 0 aromatic rings. The Balaban J connectivity index is 2.47. The van der Waals surface area contributed by atoms with Crippen molar-refractivity contribution < 1.29 is 14.7 Å². The van der Waals surface area contributed by atoms with Gasteiger partial charge >= 0.3 is 0 Å². The van der Waals surface area contributed by atoms with E-state index < -0.39 is 0 Å². The lowest BCUT2D eigenvalue weighted by molar-refractivity contribution is -0.130. The topological polar surface area (TPSA) is 69.6 Å². The van der Waals surface area contributed by atoms with Crippen LogP contribution in [-0.2, 0) is 9.59 Å². The normalized spacial score (nSPS) is 22.1. The Kier molecular flexibility index (Phi) is 4.93. The van der Waals surface area contributed by atoms with Crippen LogP contribution in [0.25, 0.3) is 0 Å². The summed E-state index contributed by atoms with van der Waals surface area (Å²) in [6.45, 7) is 6.32. The maximum atomic E-state index is 11.9. The van der Waals surface area contributed by atoms with Gasteiger partial charge in [0.1, 0.15) is 0 Å². The second kappa shape index (κ2) is 6.00. The average molecular weight is 242 g/mol. The van der Waals surface area contributed by atoms with Gasteiger partial charge in [0, 0.05) is 31.7 Å². The van der Waals surface area contributed by atoms with Crippen molar-refractivity contribution >= 4 is 11.8 Å². The number of carbonyl (C=O) groups excluding carboxylic acids is 2. The highest BCUT2D eigenvalue weighted by molar-refractivity contribution is 5.89. The van der Waals surface area contributed by atoms with Crippen LogP contribution in [0.5, 0.6) is 0 Å². The second-order valence-corrected chi connectivity index (χ2v) is 4.96. The molecular formula is C12H22N2O3. The first kappa shape index (κ1) is 14.0. The fraction of sp³-hybridized carbons (Fsp3) is 0.833. The van der Waals surface area contributed by atoms with Gasteiger partial charge < -0.3 is 15.3 Å². The van der Waals surface area contributed by atoms with Crippen LogP contribution in [0.1, 0.15) is 33.6 Å². The first-order valence-electron chi connectivity index (χ1n) is 6.16. The van der Waals surface area contributed by atoms with E-state index in [4.69, 9.17) is 5.11 Å². The number of nitrogens with one attached hydrogen (secondary N) is 1. The molecule has 2 atom stereocenters. The van der Waals surface area contributed by atoms with Gasteiger partial charge in [0.25, 0.3) is 0 Å². The molecule has 1 aliphatic heterocycles. The summed E-state index contributed by atoms with van der Waals surface area (Å²) in [5.74, 6) is -0.275. The molecule has 0 spiro atoms. The van der Waals surface area contributed by atoms with Crippen molar-refractivity contribution in [3.8, 4) is 0 Å². The summed E-state index contributed by atoms with van der Waals surface area (Å²) >= 11 is 0. The molecule has 0 aliphatic carbocycles. The minimum absolute atomic E-state index is 0.0456. The molecule has 0 aromatic carbocycles. The van der Waals surface area contributed by atoms with E-state index in [1.807, 2.05) is 20.8 Å². The number of amides is 2. The molecule has 1 aliphatic rings. The number of aliphatic hydroxyl groups excluding tert-OH is 1. The van der Waals surface area contributed by atoms with E-state index in [0.29, 0.717) is 19.4 Å². The van der Waals surface area contributed by atoms with Crippen molar-refractivity contribution in [2.45, 2.75) is 45.7 Å². The van der Waals surface area contributed by atoms with E-state index in [0.717, 1.165) is 0 Å². The molecule has 0 saturated carbocycles. The van der Waals surface area contributed by atoms with Gasteiger partial charge in [-0.2, -0.15) is 0 Å². The molecule has 2 unspecified atom stereocenters. The van der Waals surface area contributed by atoms with Gasteiger partial charge in [0.15, 0.2) is 0 Å². The standard InChI is InChI=1S/C12H22N2O3/c1-8(2)14-7-10(6-11(14)16)12(17)13-9(3)4-5-15/h8-10,15H,4-7H2,1-3H3,(H,13,17). The summed E-state index contributed by atoms with van der Waals surface area (Å²) in [5, 5.41) is 11.6. The average Bonchev–Trinajstić information content (AvgIpc) is 2.60. The van der Waals surface area contributed by atoms with Gasteiger partial charge in [-0.15, -0.1) is 0 Å². The molecule has 1 rings (SSSR count). The Morgan fingerprint density at radius 2 is 2.18 bits per heavy atom. The predicted octanol–water partition coefficient (Wildman–Crippen LogP) is 0.130. The molecule has 0 bridgehead atoms. The van der Waals surface area contributed by atoms with Gasteiger partial charge in [0.2, 0.25) is 11.8 Å². The van der Waals surface area contributed by atoms with E-state index >= 15 is 0 Å². The maximum absolute atomic E-state index is 11.9. The van der Waals surface area contributed by atoms with Crippen LogP contribution in [0.3, 0.4) is 0 Å². The predicted molar refractivity (Wildman–Crippen MR) is 64.3 cm³/mol. The van der Waals surface area contributed by atoms with Crippen LogP contribution >= 0.6 is 0 Å². The van der Waals surface area contributed by atoms with Crippen LogP contribution in [0.2, 0.25) is 0 Å². The maximum Gasteiger partial charge on any atom is 0.225 e. The van der Waals surface area contributed by atoms with Crippen LogP contribution in [0.15, 0.2) is 0 Å². The number of hydrogen-bond donors (Lipinski definition) is 2. The largest absolute Gasteiger partial charge is 0.396 e. The Hall–Kier alpha value is -1.10. The third-order valence-corrected chi connectivity index (χ3v) is 3.10. The third kappa shape index (κ3) is 3.70. The van der Waals surface area contributed by atoms with Crippen LogP contribution in [0, 0.1) is 5.92 Å². The van der Waals surface area contributed by atoms with Crippen LogP contribution in [0.4, 0.5) is 0 Å². The number of carbonyl (C=O) groups is 2. The summed E-state index contributed by atoms with van der Waals surface area (Å²) < 4.78 is 0. The zero-order valence-electron chi connectivity index (χ0n) is 10.8. The van der Waals surface area contributed by atoms with E-state index in [1.54, 1.807) is 4.90 Å². The lowest BCUT2D eigenvalue weighted by atomic mass is 10.1. The van der Waals surface area contributed by atoms with Gasteiger partial charge in [-0.1, -0.05) is 0 Å². The van der Waals surface area contributed by atoms with Crippen LogP contribution < -0.4 is 5.32 Å². The molecular weight excluding hydrogens is 220 g/mol. The van der Waals surface area contributed by atoms with Crippen molar-refractivity contribution in [1.29, 1.82) is 0 Å². The van der Waals surface area contributed by atoms with E-state index in [-0.39, 0.29) is 36.4 Å². The fourth-order valence-corrected chi connectivity index (χ4v) is 2.03. The third-order valence-electron chi connectivity index (χ3n) is 3.10. The number of aliphatic hydroxyl groups is 1.